The van der Waals surface area contributed by atoms with Crippen molar-refractivity contribution >= 4 is 29.2 Å². The summed E-state index contributed by atoms with van der Waals surface area (Å²) in [7, 11) is 0. The Bertz CT molecular complexity index is 882. The van der Waals surface area contributed by atoms with Crippen LogP contribution in [0.3, 0.4) is 0 Å². The molecule has 1 heterocycles. The van der Waals surface area contributed by atoms with Crippen LogP contribution in [0.15, 0.2) is 47.4 Å². The van der Waals surface area contributed by atoms with E-state index in [-0.39, 0.29) is 23.8 Å². The summed E-state index contributed by atoms with van der Waals surface area (Å²) in [4.78, 5) is 34.9. The van der Waals surface area contributed by atoms with Crippen molar-refractivity contribution < 1.29 is 28.7 Å². The van der Waals surface area contributed by atoms with Crippen molar-refractivity contribution in [2.75, 3.05) is 25.6 Å². The molecule has 1 aliphatic heterocycles. The molecule has 0 aliphatic carbocycles. The van der Waals surface area contributed by atoms with Crippen LogP contribution in [-0.4, -0.2) is 42.2 Å². The number of thioether (sulfide) groups is 1. The lowest BCUT2D eigenvalue weighted by Gasteiger charge is -2.09. The van der Waals surface area contributed by atoms with Gasteiger partial charge in [-0.3, -0.25) is 19.7 Å². The Kier molecular flexibility index (Phi) is 6.49. The summed E-state index contributed by atoms with van der Waals surface area (Å²) in [6, 6.07) is 10.7. The van der Waals surface area contributed by atoms with Crippen LogP contribution in [0.4, 0.5) is 5.69 Å². The van der Waals surface area contributed by atoms with Gasteiger partial charge in [-0.25, -0.2) is 0 Å². The van der Waals surface area contributed by atoms with Crippen molar-refractivity contribution in [2.24, 2.45) is 0 Å². The lowest BCUT2D eigenvalue weighted by molar-refractivity contribution is -0.384. The number of nitro benzene ring substituents is 1. The molecule has 0 bridgehead atoms. The van der Waals surface area contributed by atoms with Gasteiger partial charge in [-0.05, 0) is 30.3 Å². The number of fused-ring (bicyclic) bond motifs is 1. The molecule has 8 nitrogen and oxygen atoms in total. The van der Waals surface area contributed by atoms with E-state index in [1.165, 1.54) is 23.9 Å². The standard InChI is InChI=1S/C19H17NO7S/c21-16(13-2-7-17-18(10-13)26-9-1-8-25-17)11-27-19(22)12-28-15-5-3-14(4-6-15)20(23)24/h2-7,10H,1,8-9,11-12H2. The summed E-state index contributed by atoms with van der Waals surface area (Å²) < 4.78 is 16.1. The van der Waals surface area contributed by atoms with Gasteiger partial charge >= 0.3 is 5.97 Å². The number of benzene rings is 2. The zero-order valence-corrected chi connectivity index (χ0v) is 15.6. The summed E-state index contributed by atoms with van der Waals surface area (Å²) >= 11 is 1.17. The predicted molar refractivity (Wildman–Crippen MR) is 101 cm³/mol. The van der Waals surface area contributed by atoms with E-state index >= 15 is 0 Å². The summed E-state index contributed by atoms with van der Waals surface area (Å²) in [5.74, 6) is 0.191. The van der Waals surface area contributed by atoms with E-state index in [1.54, 1.807) is 30.3 Å². The van der Waals surface area contributed by atoms with Crippen LogP contribution >= 0.6 is 11.8 Å². The van der Waals surface area contributed by atoms with Crippen molar-refractivity contribution in [3.8, 4) is 11.5 Å². The fourth-order valence-electron chi connectivity index (χ4n) is 2.41. The van der Waals surface area contributed by atoms with Crippen molar-refractivity contribution in [1.29, 1.82) is 0 Å². The highest BCUT2D eigenvalue weighted by atomic mass is 32.2. The molecule has 28 heavy (non-hydrogen) atoms. The zero-order chi connectivity index (χ0) is 19.9. The second-order valence-corrected chi connectivity index (χ2v) is 6.88. The number of nitro groups is 1. The van der Waals surface area contributed by atoms with Gasteiger partial charge in [0.15, 0.2) is 23.9 Å². The highest BCUT2D eigenvalue weighted by Gasteiger charge is 2.16. The molecule has 0 unspecified atom stereocenters. The van der Waals surface area contributed by atoms with Crippen LogP contribution < -0.4 is 9.47 Å². The smallest absolute Gasteiger partial charge is 0.316 e. The molecule has 0 spiro atoms. The zero-order valence-electron chi connectivity index (χ0n) is 14.8. The Hall–Kier alpha value is -3.07. The van der Waals surface area contributed by atoms with Crippen LogP contribution in [0.2, 0.25) is 0 Å². The normalized spacial score (nSPS) is 12.7. The SMILES string of the molecule is O=C(CSc1ccc([N+](=O)[O-])cc1)OCC(=O)c1ccc2c(c1)OCCCO2. The highest BCUT2D eigenvalue weighted by Crippen LogP contribution is 2.30. The number of ether oxygens (including phenoxy) is 3. The topological polar surface area (TPSA) is 105 Å². The van der Waals surface area contributed by atoms with Gasteiger partial charge in [-0.15, -0.1) is 11.8 Å². The number of carbonyl (C=O) groups excluding carboxylic acids is 2. The Labute approximate surface area is 164 Å². The number of nitrogens with zero attached hydrogens (tertiary/aromatic N) is 1. The van der Waals surface area contributed by atoms with Crippen LogP contribution in [0.5, 0.6) is 11.5 Å². The predicted octanol–water partition coefficient (Wildman–Crippen LogP) is 3.27. The molecule has 0 radical (unpaired) electrons. The number of non-ortho nitro benzene ring substituents is 1. The third-order valence-corrected chi connectivity index (χ3v) is 4.82. The first-order chi connectivity index (χ1) is 13.5. The average molecular weight is 403 g/mol. The maximum atomic E-state index is 12.3. The van der Waals surface area contributed by atoms with Crippen molar-refractivity contribution in [1.82, 2.24) is 0 Å². The van der Waals surface area contributed by atoms with Gasteiger partial charge in [-0.2, -0.15) is 0 Å². The van der Waals surface area contributed by atoms with Crippen LogP contribution in [0.25, 0.3) is 0 Å². The molecule has 0 saturated heterocycles. The van der Waals surface area contributed by atoms with E-state index in [2.05, 4.69) is 0 Å². The van der Waals surface area contributed by atoms with E-state index in [0.717, 1.165) is 6.42 Å². The van der Waals surface area contributed by atoms with E-state index in [0.29, 0.717) is 35.2 Å². The summed E-state index contributed by atoms with van der Waals surface area (Å²) in [5, 5.41) is 10.6. The third-order valence-electron chi connectivity index (χ3n) is 3.84. The van der Waals surface area contributed by atoms with Crippen LogP contribution in [0.1, 0.15) is 16.8 Å². The Morgan fingerprint density at radius 3 is 2.50 bits per heavy atom. The largest absolute Gasteiger partial charge is 0.490 e. The lowest BCUT2D eigenvalue weighted by atomic mass is 10.1. The maximum absolute atomic E-state index is 12.3. The molecular weight excluding hydrogens is 386 g/mol. The molecule has 0 amide bonds. The quantitative estimate of drug-likeness (QED) is 0.228. The number of rotatable bonds is 7. The summed E-state index contributed by atoms with van der Waals surface area (Å²) in [6.07, 6.45) is 0.766. The number of hydrogen-bond acceptors (Lipinski definition) is 8. The average Bonchev–Trinajstić information content (AvgIpc) is 2.95. The Morgan fingerprint density at radius 1 is 1.07 bits per heavy atom. The van der Waals surface area contributed by atoms with Gasteiger partial charge in [0.1, 0.15) is 0 Å². The Morgan fingerprint density at radius 2 is 1.79 bits per heavy atom. The van der Waals surface area contributed by atoms with E-state index in [1.807, 2.05) is 0 Å². The van der Waals surface area contributed by atoms with Gasteiger partial charge in [0, 0.05) is 29.0 Å². The van der Waals surface area contributed by atoms with Gasteiger partial charge in [0.05, 0.1) is 23.9 Å². The molecule has 2 aromatic rings. The summed E-state index contributed by atoms with van der Waals surface area (Å²) in [6.45, 7) is 0.698. The first kappa shape index (κ1) is 19.7. The molecule has 0 fully saturated rings. The molecule has 0 aromatic heterocycles. The minimum Gasteiger partial charge on any atom is -0.490 e. The first-order valence-electron chi connectivity index (χ1n) is 8.48. The number of hydrogen-bond donors (Lipinski definition) is 0. The highest BCUT2D eigenvalue weighted by molar-refractivity contribution is 8.00. The molecule has 1 aliphatic rings. The molecule has 146 valence electrons. The number of esters is 1. The molecule has 0 atom stereocenters. The number of ketones is 1. The molecule has 0 saturated carbocycles. The van der Waals surface area contributed by atoms with E-state index in [4.69, 9.17) is 14.2 Å². The second kappa shape index (κ2) is 9.23. The van der Waals surface area contributed by atoms with Gasteiger partial charge < -0.3 is 14.2 Å². The van der Waals surface area contributed by atoms with Gasteiger partial charge in [0.2, 0.25) is 0 Å². The molecule has 3 rings (SSSR count). The third kappa shape index (κ3) is 5.23. The lowest BCUT2D eigenvalue weighted by Crippen LogP contribution is -2.15. The maximum Gasteiger partial charge on any atom is 0.316 e. The second-order valence-electron chi connectivity index (χ2n) is 5.84. The van der Waals surface area contributed by atoms with Crippen molar-refractivity contribution in [3.63, 3.8) is 0 Å². The molecular formula is C19H17NO7S. The minimum atomic E-state index is -0.550. The van der Waals surface area contributed by atoms with Gasteiger partial charge in [0.25, 0.3) is 5.69 Å². The number of Topliss-reactive ketones (excluding diaryl/α,β-unsaturated/α-hetero) is 1. The molecule has 9 heteroatoms. The number of carbonyl (C=O) groups is 2. The van der Waals surface area contributed by atoms with Crippen LogP contribution in [-0.2, 0) is 9.53 Å². The van der Waals surface area contributed by atoms with Gasteiger partial charge in [-0.1, -0.05) is 0 Å². The summed E-state index contributed by atoms with van der Waals surface area (Å²) in [5.41, 5.74) is 0.354. The molecule has 0 N–H and O–H groups in total. The van der Waals surface area contributed by atoms with E-state index in [9.17, 15) is 19.7 Å². The molecule has 2 aromatic carbocycles. The Balaban J connectivity index is 1.48. The minimum absolute atomic E-state index is 0.00771. The fraction of sp³-hybridized carbons (Fsp3) is 0.263. The first-order valence-corrected chi connectivity index (χ1v) is 9.47. The van der Waals surface area contributed by atoms with Crippen molar-refractivity contribution in [2.45, 2.75) is 11.3 Å². The van der Waals surface area contributed by atoms with Crippen LogP contribution in [0, 0.1) is 10.1 Å². The van der Waals surface area contributed by atoms with E-state index < -0.39 is 10.9 Å². The van der Waals surface area contributed by atoms with Crippen molar-refractivity contribution in [3.05, 3.63) is 58.1 Å². The monoisotopic (exact) mass is 403 g/mol. The fourth-order valence-corrected chi connectivity index (χ4v) is 3.11.